The number of hydrogen-bond acceptors (Lipinski definition) is 33. The molecule has 10 heterocycles. The van der Waals surface area contributed by atoms with Gasteiger partial charge in [0.15, 0.2) is 17.9 Å². The minimum Gasteiger partial charge on any atom is -0.451 e. The monoisotopic (exact) mass is 1450 g/mol. The summed E-state index contributed by atoms with van der Waals surface area (Å²) in [7, 11) is 29.0. The van der Waals surface area contributed by atoms with E-state index in [0.29, 0.717) is 5.16 Å². The molecule has 0 aliphatic carbocycles. The van der Waals surface area contributed by atoms with Crippen molar-refractivity contribution in [2.24, 2.45) is 0 Å². The van der Waals surface area contributed by atoms with Crippen LogP contribution in [0.2, 0.25) is 0 Å². The molecule has 84 heavy (non-hydrogen) atoms. The Morgan fingerprint density at radius 1 is 0.440 bits per heavy atom. The summed E-state index contributed by atoms with van der Waals surface area (Å²) in [5, 5.41) is 29.1. The molecule has 0 saturated carbocycles. The van der Waals surface area contributed by atoms with Crippen LogP contribution in [0.5, 0.6) is 0 Å². The van der Waals surface area contributed by atoms with E-state index in [-0.39, 0.29) is 0 Å². The number of nitrogens with zero attached hydrogens (tertiary/aromatic N) is 15. The number of hydrogen-bond donors (Lipinski definition) is 4. The van der Waals surface area contributed by atoms with Crippen molar-refractivity contribution in [3.8, 4) is 0 Å². The summed E-state index contributed by atoms with van der Waals surface area (Å²) in [5.41, 5.74) is 2.56. The van der Waals surface area contributed by atoms with Gasteiger partial charge in [-0.1, -0.05) is 72.8 Å². The Morgan fingerprint density at radius 3 is 1.36 bits per heavy atom. The third-order valence-corrected chi connectivity index (χ3v) is 33.9. The molecule has 434 valence electrons. The van der Waals surface area contributed by atoms with E-state index in [1.54, 1.807) is 205 Å². The molecule has 0 unspecified atom stereocenters. The van der Waals surface area contributed by atoms with Crippen LogP contribution in [-0.4, -0.2) is 94.8 Å². The molecule has 0 aliphatic rings. The molecule has 21 nitrogen and oxygen atoms in total. The largest absolute Gasteiger partial charge is 0.451 e. The Balaban J connectivity index is 0.000000143. The maximum absolute atomic E-state index is 4.83. The predicted molar refractivity (Wildman–Crippen MR) is 364 cm³/mol. The average molecular weight is 1460 g/mol. The molecule has 0 saturated heterocycles. The van der Waals surface area contributed by atoms with Gasteiger partial charge in [0.25, 0.3) is 0 Å². The predicted octanol–water partition coefficient (Wildman–Crippen LogP) is 17.9. The molecule has 0 fully saturated rings. The Bertz CT molecular complexity index is 3040. The van der Waals surface area contributed by atoms with Crippen LogP contribution in [0.1, 0.15) is 11.1 Å². The van der Waals surface area contributed by atoms with Gasteiger partial charge >= 0.3 is 0 Å². The molecule has 0 aliphatic heterocycles. The van der Waals surface area contributed by atoms with Crippen molar-refractivity contribution in [3.63, 3.8) is 0 Å². The fourth-order valence-corrected chi connectivity index (χ4v) is 26.7. The molecule has 0 spiro atoms. The van der Waals surface area contributed by atoms with Gasteiger partial charge in [0, 0.05) is 37.9 Å². The van der Waals surface area contributed by atoms with Crippen LogP contribution in [0.4, 0.5) is 0 Å². The summed E-state index contributed by atoms with van der Waals surface area (Å²) < 4.78 is 13.9. The number of imidazole rings is 4. The average Bonchev–Trinajstić information content (AvgIpc) is 4.47. The molecule has 2 aromatic carbocycles. The molecular formula is C45H39N19O2S18. The van der Waals surface area contributed by atoms with E-state index in [2.05, 4.69) is 156 Å². The van der Waals surface area contributed by atoms with Crippen LogP contribution < -0.4 is 0 Å². The van der Waals surface area contributed by atoms with Crippen LogP contribution >= 0.6 is 187 Å². The lowest BCUT2D eigenvalue weighted by molar-refractivity contribution is 0.555. The fraction of sp³-hybridized carbons (Fsp3) is 0.0444. The van der Waals surface area contributed by atoms with Gasteiger partial charge in [-0.15, -0.1) is 10.2 Å². The first-order valence-electron chi connectivity index (χ1n) is 23.0. The van der Waals surface area contributed by atoms with Gasteiger partial charge in [0.05, 0.1) is 37.7 Å². The number of aromatic nitrogens is 19. The van der Waals surface area contributed by atoms with Gasteiger partial charge in [-0.25, -0.2) is 44.9 Å². The second-order valence-corrected chi connectivity index (χ2v) is 39.4. The zero-order valence-electron chi connectivity index (χ0n) is 42.2. The summed E-state index contributed by atoms with van der Waals surface area (Å²) in [6, 6.07) is 32.6. The third-order valence-electron chi connectivity index (χ3n) is 8.67. The Morgan fingerprint density at radius 2 is 0.929 bits per heavy atom. The summed E-state index contributed by atoms with van der Waals surface area (Å²) >= 11 is 0. The van der Waals surface area contributed by atoms with Crippen LogP contribution in [0.25, 0.3) is 0 Å². The lowest BCUT2D eigenvalue weighted by Crippen LogP contribution is -1.95. The first-order chi connectivity index (χ1) is 41.6. The van der Waals surface area contributed by atoms with Crippen molar-refractivity contribution in [3.05, 3.63) is 202 Å². The smallest absolute Gasteiger partial charge is 0.242 e. The van der Waals surface area contributed by atoms with E-state index in [9.17, 15) is 0 Å². The maximum atomic E-state index is 4.83. The normalized spacial score (nSPS) is 10.6. The van der Waals surface area contributed by atoms with Crippen molar-refractivity contribution < 1.29 is 8.83 Å². The molecule has 0 atom stereocenters. The molecule has 0 bridgehead atoms. The highest BCUT2D eigenvalue weighted by atomic mass is 33.7. The van der Waals surface area contributed by atoms with Crippen LogP contribution in [-0.2, 0) is 13.1 Å². The van der Waals surface area contributed by atoms with Crippen molar-refractivity contribution in [2.45, 2.75) is 63.6 Å². The molecule has 0 radical (unpaired) electrons. The Labute approximate surface area is 549 Å². The third kappa shape index (κ3) is 28.1. The van der Waals surface area contributed by atoms with Crippen LogP contribution in [0.15, 0.2) is 251 Å². The van der Waals surface area contributed by atoms with Gasteiger partial charge in [-0.2, -0.15) is 10.3 Å². The summed E-state index contributed by atoms with van der Waals surface area (Å²) in [6.45, 7) is 1.69. The van der Waals surface area contributed by atoms with E-state index in [1.165, 1.54) is 61.7 Å². The van der Waals surface area contributed by atoms with Crippen molar-refractivity contribution in [1.82, 2.24) is 94.8 Å². The molecule has 0 amide bonds. The van der Waals surface area contributed by atoms with E-state index >= 15 is 0 Å². The lowest BCUT2D eigenvalue weighted by atomic mass is 10.2. The van der Waals surface area contributed by atoms with Crippen molar-refractivity contribution in [1.29, 1.82) is 0 Å². The van der Waals surface area contributed by atoms with E-state index in [4.69, 9.17) is 8.83 Å². The highest BCUT2D eigenvalue weighted by Crippen LogP contribution is 2.50. The quantitative estimate of drug-likeness (QED) is 0.0275. The second kappa shape index (κ2) is 41.6. The number of rotatable bonds is 27. The topological polar surface area (TPSA) is 267 Å². The first-order valence-corrected chi connectivity index (χ1v) is 44.4. The van der Waals surface area contributed by atoms with Gasteiger partial charge in [-0.3, -0.25) is 5.10 Å². The maximum Gasteiger partial charge on any atom is 0.242 e. The number of H-pyrrole nitrogens is 4. The number of pyridine rings is 2. The number of tetrazole rings is 1. The SMILES string of the molecule is c1ccc(Cn2cnc(SSSSc3cn(Cc4ccccc4)cn3)c2)cc1.c1ccc(SSc2ccccn2)nc1.c1n[nH]c(SSSSc2nn[nH]n2)n1.c1nc(SSSSc2cocn2)co1.c1ncc(SSSSc2cnc[nH]2)[nH]1. The van der Waals surface area contributed by atoms with E-state index in [0.717, 1.165) is 58.5 Å². The van der Waals surface area contributed by atoms with Crippen molar-refractivity contribution >= 4 is 187 Å². The van der Waals surface area contributed by atoms with Crippen molar-refractivity contribution in [2.75, 3.05) is 0 Å². The molecular weight excluding hydrogens is 1420 g/mol. The second-order valence-electron chi connectivity index (χ2n) is 14.4. The number of nitrogens with one attached hydrogen (secondary N) is 4. The Kier molecular flexibility index (Phi) is 32.9. The van der Waals surface area contributed by atoms with Gasteiger partial charge in [0.1, 0.15) is 59.1 Å². The minimum atomic E-state index is 0.612. The number of oxazole rings is 2. The van der Waals surface area contributed by atoms with Crippen LogP contribution in [0.3, 0.4) is 0 Å². The minimum absolute atomic E-state index is 0.612. The summed E-state index contributed by atoms with van der Waals surface area (Å²) in [6.07, 6.45) is 26.0. The van der Waals surface area contributed by atoms with Gasteiger partial charge < -0.3 is 27.9 Å². The van der Waals surface area contributed by atoms with Crippen LogP contribution in [0, 0.1) is 0 Å². The Hall–Kier alpha value is -3.49. The van der Waals surface area contributed by atoms with E-state index in [1.807, 2.05) is 61.2 Å². The zero-order chi connectivity index (χ0) is 57.6. The standard InChI is InChI=1S/C20H18N4S4.C10H8N2S2.C6H6N4S4.C6H4N2O2S4.C3H3N7S4/c1-3-7-17(8-4-1)11-23-13-19(21-15-23)25-27-28-26-20-14-24(16-22-20)12-18-9-5-2-6-10-18;1-3-7-11-9(5-1)13-14-10-6-2-4-8-12-10;1-5(9-3-7-1)11-13-14-12-6-2-8-4-10-6;1-5(7-3-9-1)11-13-14-12-6-2-10-4-8-6;1-4-2(6-5-1)11-13-14-12-3-7-9-10-8-3/h1-10,13-16H,11-12H2;1-8H;1-4H,(H,7,9)(H,8,10);1-4H;1H,(H,4,5,6)(H,7,8,9,10). The van der Waals surface area contributed by atoms with Gasteiger partial charge in [-0.05, 0) is 227 Å². The fourth-order valence-electron chi connectivity index (χ4n) is 5.28. The first kappa shape index (κ1) is 66.5. The van der Waals surface area contributed by atoms with Gasteiger partial charge in [0.2, 0.25) is 5.16 Å². The highest BCUT2D eigenvalue weighted by molar-refractivity contribution is 9.27. The molecule has 4 N–H and O–H groups in total. The summed E-state index contributed by atoms with van der Waals surface area (Å²) in [4.78, 5) is 43.1. The lowest BCUT2D eigenvalue weighted by Gasteiger charge is -2.01. The molecule has 10 aromatic heterocycles. The molecule has 12 rings (SSSR count). The number of benzene rings is 2. The summed E-state index contributed by atoms with van der Waals surface area (Å²) in [5.74, 6) is 0. The molecule has 39 heteroatoms. The highest BCUT2D eigenvalue weighted by Gasteiger charge is 2.07. The zero-order valence-corrected chi connectivity index (χ0v) is 56.9. The number of aromatic amines is 4. The van der Waals surface area contributed by atoms with E-state index < -0.39 is 0 Å². The molecule has 12 aromatic rings.